The average molecular weight is 390 g/mol. The average Bonchev–Trinajstić information content (AvgIpc) is 3.21. The lowest BCUT2D eigenvalue weighted by Gasteiger charge is -2.19. The number of para-hydroxylation sites is 2. The summed E-state index contributed by atoms with van der Waals surface area (Å²) in [5.74, 6) is 0.476. The summed E-state index contributed by atoms with van der Waals surface area (Å²) in [5.41, 5.74) is 3.62. The molecule has 3 N–H and O–H groups in total. The van der Waals surface area contributed by atoms with Gasteiger partial charge in [0.25, 0.3) is 0 Å². The zero-order valence-corrected chi connectivity index (χ0v) is 16.3. The molecule has 1 aromatic heterocycles. The molecule has 2 aromatic carbocycles. The van der Waals surface area contributed by atoms with Crippen LogP contribution < -0.4 is 4.90 Å². The first-order chi connectivity index (χ1) is 13.9. The van der Waals surface area contributed by atoms with Gasteiger partial charge in [0, 0.05) is 5.69 Å². The normalized spacial score (nSPS) is 14.3. The molecule has 0 atom stereocenters. The number of ether oxygens (including phenoxy) is 1. The van der Waals surface area contributed by atoms with Gasteiger partial charge in [-0.1, -0.05) is 24.3 Å². The summed E-state index contributed by atoms with van der Waals surface area (Å²) in [7, 11) is 0. The van der Waals surface area contributed by atoms with E-state index in [4.69, 9.17) is 10.1 Å². The predicted molar refractivity (Wildman–Crippen MR) is 112 cm³/mol. The van der Waals surface area contributed by atoms with Gasteiger partial charge in [0.2, 0.25) is 0 Å². The molecule has 4 rings (SSSR count). The van der Waals surface area contributed by atoms with Crippen LogP contribution in [0.3, 0.4) is 0 Å². The van der Waals surface area contributed by atoms with Gasteiger partial charge >= 0.3 is 5.97 Å². The fraction of sp³-hybridized carbons (Fsp3) is 0.227. The van der Waals surface area contributed by atoms with Crippen molar-refractivity contribution < 1.29 is 14.6 Å². The number of imidazole rings is 1. The first-order valence-corrected chi connectivity index (χ1v) is 9.44. The van der Waals surface area contributed by atoms with Gasteiger partial charge in [0.05, 0.1) is 35.7 Å². The first kappa shape index (κ1) is 18.7. The number of nitrogens with one attached hydrogen (secondary N) is 2. The molecule has 0 spiro atoms. The summed E-state index contributed by atoms with van der Waals surface area (Å²) < 4.78 is 5.17. The molecule has 0 fully saturated rings. The van der Waals surface area contributed by atoms with Crippen molar-refractivity contribution in [3.8, 4) is 0 Å². The number of fused-ring (bicyclic) bond motifs is 1. The van der Waals surface area contributed by atoms with Crippen molar-refractivity contribution in [3.05, 3.63) is 65.7 Å². The van der Waals surface area contributed by atoms with Crippen molar-refractivity contribution in [3.63, 3.8) is 0 Å². The minimum atomic E-state index is -0.270. The van der Waals surface area contributed by atoms with Gasteiger partial charge in [0.1, 0.15) is 17.4 Å². The number of aliphatic hydroxyl groups excluding tert-OH is 1. The number of esters is 1. The van der Waals surface area contributed by atoms with Crippen LogP contribution in [0.15, 0.2) is 54.3 Å². The molecule has 0 radical (unpaired) electrons. The second-order valence-corrected chi connectivity index (χ2v) is 7.24. The van der Waals surface area contributed by atoms with Crippen molar-refractivity contribution in [2.45, 2.75) is 26.4 Å². The number of aliphatic hydroxyl groups is 1. The molecule has 7 heteroatoms. The number of hydrogen-bond donors (Lipinski definition) is 3. The van der Waals surface area contributed by atoms with E-state index in [1.54, 1.807) is 4.90 Å². The number of H-pyrrole nitrogens is 1. The largest absolute Gasteiger partial charge is 0.509 e. The second-order valence-electron chi connectivity index (χ2n) is 7.24. The van der Waals surface area contributed by atoms with Gasteiger partial charge in [-0.2, -0.15) is 0 Å². The van der Waals surface area contributed by atoms with Crippen LogP contribution in [0.1, 0.15) is 25.2 Å². The van der Waals surface area contributed by atoms with E-state index in [0.29, 0.717) is 11.4 Å². The minimum Gasteiger partial charge on any atom is -0.509 e. The Kier molecular flexibility index (Phi) is 4.80. The van der Waals surface area contributed by atoms with Crippen molar-refractivity contribution in [1.29, 1.82) is 5.41 Å². The zero-order chi connectivity index (χ0) is 20.5. The van der Waals surface area contributed by atoms with Gasteiger partial charge in [-0.25, -0.2) is 4.98 Å². The number of aromatic amines is 1. The number of carbonyl (C=O) groups excluding carboxylic acids is 1. The van der Waals surface area contributed by atoms with Crippen LogP contribution in [-0.2, 0) is 16.0 Å². The summed E-state index contributed by atoms with van der Waals surface area (Å²) in [6.07, 6.45) is 0.0569. The Labute approximate surface area is 168 Å². The van der Waals surface area contributed by atoms with Crippen LogP contribution in [0.2, 0.25) is 0 Å². The summed E-state index contributed by atoms with van der Waals surface area (Å²) in [6.45, 7) is 3.83. The molecule has 0 aliphatic carbocycles. The van der Waals surface area contributed by atoms with E-state index in [9.17, 15) is 9.90 Å². The number of rotatable bonds is 5. The number of nitrogens with zero attached hydrogens (tertiary/aromatic N) is 2. The highest BCUT2D eigenvalue weighted by Gasteiger charge is 2.31. The zero-order valence-electron chi connectivity index (χ0n) is 16.3. The molecule has 0 saturated heterocycles. The Balaban J connectivity index is 1.52. The van der Waals surface area contributed by atoms with E-state index in [-0.39, 0.29) is 36.6 Å². The fourth-order valence-corrected chi connectivity index (χ4v) is 3.38. The molecule has 0 bridgehead atoms. The molecule has 2 heterocycles. The van der Waals surface area contributed by atoms with Crippen LogP contribution >= 0.6 is 0 Å². The van der Waals surface area contributed by atoms with Crippen molar-refractivity contribution in [1.82, 2.24) is 9.97 Å². The Bertz CT molecular complexity index is 1080. The summed E-state index contributed by atoms with van der Waals surface area (Å²) >= 11 is 0. The number of hydrogen-bond acceptors (Lipinski definition) is 5. The highest BCUT2D eigenvalue weighted by Crippen LogP contribution is 2.31. The molecule has 3 aromatic rings. The maximum atomic E-state index is 11.8. The number of benzene rings is 2. The van der Waals surface area contributed by atoms with Crippen LogP contribution in [0, 0.1) is 5.41 Å². The lowest BCUT2D eigenvalue weighted by atomic mass is 10.1. The molecule has 0 saturated carbocycles. The number of aromatic nitrogens is 2. The molecule has 29 heavy (non-hydrogen) atoms. The smallest absolute Gasteiger partial charge is 0.310 e. The third-order valence-electron chi connectivity index (χ3n) is 4.69. The fourth-order valence-electron chi connectivity index (χ4n) is 3.38. The topological polar surface area (TPSA) is 102 Å². The van der Waals surface area contributed by atoms with Gasteiger partial charge in [0.15, 0.2) is 0 Å². The lowest BCUT2D eigenvalue weighted by molar-refractivity contribution is -0.146. The molecule has 7 nitrogen and oxygen atoms in total. The molecule has 1 aliphatic heterocycles. The maximum absolute atomic E-state index is 11.8. The van der Waals surface area contributed by atoms with E-state index in [1.807, 2.05) is 62.4 Å². The molecular weight excluding hydrogens is 368 g/mol. The third kappa shape index (κ3) is 3.71. The highest BCUT2D eigenvalue weighted by molar-refractivity contribution is 6.30. The molecule has 1 aliphatic rings. The Morgan fingerprint density at radius 2 is 1.97 bits per heavy atom. The van der Waals surface area contributed by atoms with Crippen molar-refractivity contribution >= 4 is 34.1 Å². The van der Waals surface area contributed by atoms with Crippen molar-refractivity contribution in [2.24, 2.45) is 0 Å². The second kappa shape index (κ2) is 7.43. The van der Waals surface area contributed by atoms with E-state index < -0.39 is 0 Å². The molecule has 0 amide bonds. The Hall–Kier alpha value is -3.61. The molecule has 0 unspecified atom stereocenters. The Morgan fingerprint density at radius 1 is 1.24 bits per heavy atom. The molecular formula is C22H22N4O3. The van der Waals surface area contributed by atoms with E-state index >= 15 is 0 Å². The predicted octanol–water partition coefficient (Wildman–Crippen LogP) is 3.82. The summed E-state index contributed by atoms with van der Waals surface area (Å²) in [4.78, 5) is 21.2. The minimum absolute atomic E-state index is 0.0960. The highest BCUT2D eigenvalue weighted by atomic mass is 16.5. The van der Waals surface area contributed by atoms with Crippen LogP contribution in [-0.4, -0.2) is 39.5 Å². The van der Waals surface area contributed by atoms with Crippen LogP contribution in [0.4, 0.5) is 5.69 Å². The van der Waals surface area contributed by atoms with E-state index in [2.05, 4.69) is 9.97 Å². The van der Waals surface area contributed by atoms with Gasteiger partial charge < -0.3 is 19.7 Å². The monoisotopic (exact) mass is 390 g/mol. The number of anilines is 1. The van der Waals surface area contributed by atoms with Crippen LogP contribution in [0.5, 0.6) is 0 Å². The van der Waals surface area contributed by atoms with Crippen molar-refractivity contribution in [2.75, 3.05) is 11.4 Å². The first-order valence-electron chi connectivity index (χ1n) is 9.44. The molecule has 148 valence electrons. The summed E-state index contributed by atoms with van der Waals surface area (Å²) in [6, 6.07) is 14.9. The maximum Gasteiger partial charge on any atom is 0.310 e. The van der Waals surface area contributed by atoms with E-state index in [0.717, 1.165) is 22.3 Å². The summed E-state index contributed by atoms with van der Waals surface area (Å²) in [5, 5.41) is 19.1. The third-order valence-corrected chi connectivity index (χ3v) is 4.69. The SMILES string of the molecule is CC(C)OC(=O)Cc1ccc(N2CC(O)=C(c3nc4ccccc4[nH]3)C2=N)cc1. The number of carbonyl (C=O) groups is 1. The quantitative estimate of drug-likeness (QED) is 0.575. The van der Waals surface area contributed by atoms with Gasteiger partial charge in [-0.3, -0.25) is 10.2 Å². The van der Waals surface area contributed by atoms with Gasteiger partial charge in [-0.05, 0) is 43.7 Å². The number of amidine groups is 1. The van der Waals surface area contributed by atoms with Crippen LogP contribution in [0.25, 0.3) is 16.6 Å². The standard InChI is InChI=1S/C22H22N4O3/c1-13(2)29-19(28)11-14-7-9-15(10-8-14)26-12-18(27)20(21(26)23)22-24-16-5-3-4-6-17(16)25-22/h3-10,13,23,27H,11-12H2,1-2H3,(H,24,25). The van der Waals surface area contributed by atoms with E-state index in [1.165, 1.54) is 0 Å². The van der Waals surface area contributed by atoms with Gasteiger partial charge in [-0.15, -0.1) is 0 Å². The Morgan fingerprint density at radius 3 is 2.66 bits per heavy atom. The lowest BCUT2D eigenvalue weighted by Crippen LogP contribution is -2.26.